The molecule has 0 amide bonds. The third-order valence-corrected chi connectivity index (χ3v) is 2.82. The number of thioether (sulfide) groups is 1. The highest BCUT2D eigenvalue weighted by Crippen LogP contribution is 2.35. The van der Waals surface area contributed by atoms with Gasteiger partial charge < -0.3 is 0 Å². The van der Waals surface area contributed by atoms with Gasteiger partial charge >= 0.3 is 0 Å². The van der Waals surface area contributed by atoms with Gasteiger partial charge in [-0.3, -0.25) is 0 Å². The summed E-state index contributed by atoms with van der Waals surface area (Å²) in [7, 11) is 0. The van der Waals surface area contributed by atoms with E-state index in [0.29, 0.717) is 10.3 Å². The van der Waals surface area contributed by atoms with Crippen molar-refractivity contribution in [3.05, 3.63) is 16.4 Å². The Hall–Kier alpha value is 0.01000. The predicted octanol–water partition coefficient (Wildman–Crippen LogP) is 3.67. The maximum absolute atomic E-state index is 5.85. The first-order valence-electron chi connectivity index (χ1n) is 3.76. The van der Waals surface area contributed by atoms with Crippen LogP contribution in [0.2, 0.25) is 10.3 Å². The molecule has 0 aliphatic rings. The summed E-state index contributed by atoms with van der Waals surface area (Å²) in [5.41, 5.74) is 0. The van der Waals surface area contributed by atoms with E-state index in [9.17, 15) is 0 Å². The van der Waals surface area contributed by atoms with E-state index < -0.39 is 0 Å². The molecule has 0 aliphatic heterocycles. The van der Waals surface area contributed by atoms with E-state index in [4.69, 9.17) is 23.2 Å². The van der Waals surface area contributed by atoms with E-state index in [1.807, 2.05) is 0 Å². The molecular weight excluding hydrogens is 227 g/mol. The molecule has 5 heteroatoms. The molecule has 1 aromatic rings. The van der Waals surface area contributed by atoms with Gasteiger partial charge in [-0.25, -0.2) is 0 Å². The van der Waals surface area contributed by atoms with Crippen molar-refractivity contribution in [2.45, 2.75) is 30.4 Å². The Kier molecular flexibility index (Phi) is 3.44. The van der Waals surface area contributed by atoms with E-state index in [2.05, 4.69) is 31.0 Å². The number of hydrogen-bond acceptors (Lipinski definition) is 3. The lowest BCUT2D eigenvalue weighted by Crippen LogP contribution is -2.07. The molecule has 0 N–H and O–H groups in total. The molecule has 13 heavy (non-hydrogen) atoms. The van der Waals surface area contributed by atoms with Crippen molar-refractivity contribution in [2.75, 3.05) is 0 Å². The lowest BCUT2D eigenvalue weighted by Gasteiger charge is -2.17. The van der Waals surface area contributed by atoms with Crippen LogP contribution in [0.25, 0.3) is 0 Å². The van der Waals surface area contributed by atoms with E-state index in [1.54, 1.807) is 17.8 Å². The van der Waals surface area contributed by atoms with Gasteiger partial charge in [-0.1, -0.05) is 44.0 Å². The maximum Gasteiger partial charge on any atom is 0.165 e. The fourth-order valence-electron chi connectivity index (χ4n) is 0.739. The van der Waals surface area contributed by atoms with Gasteiger partial charge in [0.25, 0.3) is 0 Å². The zero-order chi connectivity index (χ0) is 10.1. The molecule has 0 saturated carbocycles. The van der Waals surface area contributed by atoms with Crippen molar-refractivity contribution >= 4 is 35.0 Å². The number of rotatable bonds is 1. The number of nitrogens with zero attached hydrogens (tertiary/aromatic N) is 2. The lowest BCUT2D eigenvalue weighted by molar-refractivity contribution is 0.801. The molecule has 2 nitrogen and oxygen atoms in total. The molecule has 0 aromatic carbocycles. The van der Waals surface area contributed by atoms with Crippen molar-refractivity contribution in [1.82, 2.24) is 10.2 Å². The predicted molar refractivity (Wildman–Crippen MR) is 57.7 cm³/mol. The van der Waals surface area contributed by atoms with Crippen molar-refractivity contribution in [1.29, 1.82) is 0 Å². The second kappa shape index (κ2) is 4.03. The zero-order valence-corrected chi connectivity index (χ0v) is 9.96. The van der Waals surface area contributed by atoms with E-state index in [1.165, 1.54) is 0 Å². The monoisotopic (exact) mass is 236 g/mol. The largest absolute Gasteiger partial charge is 0.165 e. The van der Waals surface area contributed by atoms with Gasteiger partial charge in [-0.15, -0.1) is 22.0 Å². The van der Waals surface area contributed by atoms with Crippen molar-refractivity contribution in [3.8, 4) is 0 Å². The summed E-state index contributed by atoms with van der Waals surface area (Å²) < 4.78 is 0.0933. The molecule has 0 bridgehead atoms. The van der Waals surface area contributed by atoms with E-state index >= 15 is 0 Å². The number of hydrogen-bond donors (Lipinski definition) is 0. The molecule has 0 spiro atoms. The maximum atomic E-state index is 5.85. The van der Waals surface area contributed by atoms with Gasteiger partial charge in [-0.05, 0) is 6.07 Å². The second-order valence-electron chi connectivity index (χ2n) is 3.54. The molecule has 0 saturated heterocycles. The van der Waals surface area contributed by atoms with E-state index in [0.717, 1.165) is 4.90 Å². The zero-order valence-electron chi connectivity index (χ0n) is 7.64. The van der Waals surface area contributed by atoms with Crippen LogP contribution in [0.15, 0.2) is 11.0 Å². The van der Waals surface area contributed by atoms with Crippen LogP contribution < -0.4 is 0 Å². The first-order chi connectivity index (χ1) is 5.88. The van der Waals surface area contributed by atoms with Gasteiger partial charge in [0.1, 0.15) is 0 Å². The molecule has 1 heterocycles. The van der Waals surface area contributed by atoms with Gasteiger partial charge in [0, 0.05) is 4.75 Å². The summed E-state index contributed by atoms with van der Waals surface area (Å²) in [4.78, 5) is 0.870. The number of halogens is 2. The summed E-state index contributed by atoms with van der Waals surface area (Å²) >= 11 is 13.2. The van der Waals surface area contributed by atoms with Gasteiger partial charge in [-0.2, -0.15) is 0 Å². The molecular formula is C8H10Cl2N2S. The van der Waals surface area contributed by atoms with Crippen LogP contribution in [0.5, 0.6) is 0 Å². The summed E-state index contributed by atoms with van der Waals surface area (Å²) in [6.45, 7) is 6.30. The van der Waals surface area contributed by atoms with Crippen molar-refractivity contribution in [3.63, 3.8) is 0 Å². The highest BCUT2D eigenvalue weighted by Gasteiger charge is 2.15. The van der Waals surface area contributed by atoms with Gasteiger partial charge in [0.05, 0.1) is 4.90 Å². The van der Waals surface area contributed by atoms with Crippen LogP contribution in [-0.2, 0) is 0 Å². The molecule has 1 rings (SSSR count). The summed E-state index contributed by atoms with van der Waals surface area (Å²) in [6, 6.07) is 1.73. The first-order valence-corrected chi connectivity index (χ1v) is 5.33. The lowest BCUT2D eigenvalue weighted by atomic mass is 10.3. The number of aromatic nitrogens is 2. The highest BCUT2D eigenvalue weighted by atomic mass is 35.5. The minimum absolute atomic E-state index is 0.0933. The Morgan fingerprint density at radius 3 is 2.38 bits per heavy atom. The second-order valence-corrected chi connectivity index (χ2v) is 6.15. The summed E-state index contributed by atoms with van der Waals surface area (Å²) in [5.74, 6) is 0. The Bertz CT molecular complexity index is 310. The Morgan fingerprint density at radius 1 is 1.23 bits per heavy atom. The van der Waals surface area contributed by atoms with Crippen LogP contribution in [0.4, 0.5) is 0 Å². The highest BCUT2D eigenvalue weighted by molar-refractivity contribution is 8.00. The molecule has 0 aliphatic carbocycles. The van der Waals surface area contributed by atoms with Crippen LogP contribution in [0.1, 0.15) is 20.8 Å². The van der Waals surface area contributed by atoms with Crippen molar-refractivity contribution in [2.24, 2.45) is 0 Å². The van der Waals surface area contributed by atoms with Crippen LogP contribution in [0, 0.1) is 0 Å². The SMILES string of the molecule is CC(C)(C)Sc1cc(Cl)nnc1Cl. The summed E-state index contributed by atoms with van der Waals surface area (Å²) in [5, 5.41) is 8.14. The van der Waals surface area contributed by atoms with Gasteiger partial charge in [0.2, 0.25) is 0 Å². The molecule has 0 atom stereocenters. The Morgan fingerprint density at radius 2 is 1.85 bits per heavy atom. The standard InChI is InChI=1S/C8H10Cl2N2S/c1-8(2,3)13-5-4-6(9)11-12-7(5)10/h4H,1-3H3. The fraction of sp³-hybridized carbons (Fsp3) is 0.500. The molecule has 1 aromatic heterocycles. The third-order valence-electron chi connectivity index (χ3n) is 1.10. The third kappa shape index (κ3) is 3.71. The Labute approximate surface area is 92.0 Å². The van der Waals surface area contributed by atoms with Crippen molar-refractivity contribution < 1.29 is 0 Å². The normalized spacial score (nSPS) is 11.8. The average molecular weight is 237 g/mol. The first kappa shape index (κ1) is 11.1. The smallest absolute Gasteiger partial charge is 0.137 e. The Balaban J connectivity index is 2.94. The molecule has 0 radical (unpaired) electrons. The molecule has 0 fully saturated rings. The minimum atomic E-state index is 0.0933. The average Bonchev–Trinajstić information content (AvgIpc) is 1.94. The van der Waals surface area contributed by atoms with Crippen LogP contribution >= 0.6 is 35.0 Å². The topological polar surface area (TPSA) is 25.8 Å². The van der Waals surface area contributed by atoms with Gasteiger partial charge in [0.15, 0.2) is 10.3 Å². The molecule has 72 valence electrons. The van der Waals surface area contributed by atoms with E-state index in [-0.39, 0.29) is 4.75 Å². The van der Waals surface area contributed by atoms with Crippen LogP contribution in [0.3, 0.4) is 0 Å². The fourth-order valence-corrected chi connectivity index (χ4v) is 2.11. The van der Waals surface area contributed by atoms with Crippen LogP contribution in [-0.4, -0.2) is 14.9 Å². The molecule has 0 unspecified atom stereocenters. The summed E-state index contributed by atoms with van der Waals surface area (Å²) in [6.07, 6.45) is 0. The minimum Gasteiger partial charge on any atom is -0.137 e. The quantitative estimate of drug-likeness (QED) is 0.697.